The second-order valence-corrected chi connectivity index (χ2v) is 6.23. The van der Waals surface area contributed by atoms with E-state index in [1.54, 1.807) is 0 Å². The second-order valence-electron chi connectivity index (χ2n) is 5.02. The monoisotopic (exact) mass is 352 g/mol. The summed E-state index contributed by atoms with van der Waals surface area (Å²) in [5.74, 6) is 0. The van der Waals surface area contributed by atoms with Crippen molar-refractivity contribution in [3.63, 3.8) is 0 Å². The van der Waals surface area contributed by atoms with Crippen LogP contribution in [0, 0.1) is 0 Å². The van der Waals surface area contributed by atoms with Crippen molar-refractivity contribution in [1.82, 2.24) is 10.6 Å². The molecule has 3 unspecified atom stereocenters. The molecule has 2 aliphatic rings. The van der Waals surface area contributed by atoms with Crippen LogP contribution < -0.4 is 10.6 Å². The van der Waals surface area contributed by atoms with E-state index < -0.39 is 22.5 Å². The van der Waals surface area contributed by atoms with E-state index in [-0.39, 0.29) is 12.1 Å². The lowest BCUT2D eigenvalue weighted by molar-refractivity contribution is 0.203. The SMILES string of the molecule is CC1=CC(F)(Cl)C(F)C=C1NC(=O)NC1=CCC(F)(Cl)C=C1. The predicted molar refractivity (Wildman–Crippen MR) is 79.6 cm³/mol. The molecule has 8 heteroatoms. The molecule has 2 N–H and O–H groups in total. The molecule has 0 heterocycles. The molecular formula is C14H13Cl2F3N2O. The summed E-state index contributed by atoms with van der Waals surface area (Å²) in [6.45, 7) is 1.49. The first-order valence-electron chi connectivity index (χ1n) is 6.38. The molecule has 0 aliphatic heterocycles. The lowest BCUT2D eigenvalue weighted by Gasteiger charge is -2.24. The Labute approximate surface area is 135 Å². The Morgan fingerprint density at radius 1 is 1.36 bits per heavy atom. The number of urea groups is 1. The van der Waals surface area contributed by atoms with Crippen LogP contribution in [0.25, 0.3) is 0 Å². The van der Waals surface area contributed by atoms with Gasteiger partial charge in [-0.25, -0.2) is 18.0 Å². The molecule has 0 aromatic carbocycles. The van der Waals surface area contributed by atoms with Crippen molar-refractivity contribution in [3.8, 4) is 0 Å². The van der Waals surface area contributed by atoms with Crippen LogP contribution in [-0.2, 0) is 0 Å². The highest BCUT2D eigenvalue weighted by Gasteiger charge is 2.38. The summed E-state index contributed by atoms with van der Waals surface area (Å²) in [5.41, 5.74) is 0.744. The molecular weight excluding hydrogens is 340 g/mol. The average Bonchev–Trinajstić information content (AvgIpc) is 2.38. The number of rotatable bonds is 2. The molecule has 0 bridgehead atoms. The topological polar surface area (TPSA) is 41.1 Å². The highest BCUT2D eigenvalue weighted by atomic mass is 35.5. The molecule has 0 aromatic heterocycles. The number of carbonyl (C=O) groups excluding carboxylic acids is 1. The van der Waals surface area contributed by atoms with Gasteiger partial charge in [0.2, 0.25) is 10.3 Å². The Morgan fingerprint density at radius 3 is 2.64 bits per heavy atom. The van der Waals surface area contributed by atoms with Gasteiger partial charge in [-0.1, -0.05) is 29.3 Å². The number of alkyl halides is 5. The first-order chi connectivity index (χ1) is 10.1. The van der Waals surface area contributed by atoms with Crippen LogP contribution in [0.5, 0.6) is 0 Å². The van der Waals surface area contributed by atoms with Gasteiger partial charge in [-0.15, -0.1) is 0 Å². The number of halogens is 5. The quantitative estimate of drug-likeness (QED) is 0.721. The van der Waals surface area contributed by atoms with Crippen LogP contribution >= 0.6 is 23.2 Å². The van der Waals surface area contributed by atoms with Gasteiger partial charge < -0.3 is 10.6 Å². The maximum atomic E-state index is 13.5. The molecule has 0 saturated carbocycles. The Morgan fingerprint density at radius 2 is 2.05 bits per heavy atom. The lowest BCUT2D eigenvalue weighted by atomic mass is 10.0. The summed E-state index contributed by atoms with van der Waals surface area (Å²) < 4.78 is 40.4. The van der Waals surface area contributed by atoms with Crippen LogP contribution in [0.3, 0.4) is 0 Å². The third-order valence-electron chi connectivity index (χ3n) is 3.12. The molecule has 0 fully saturated rings. The fraction of sp³-hybridized carbons (Fsp3) is 0.357. The van der Waals surface area contributed by atoms with Gasteiger partial charge in [0.05, 0.1) is 0 Å². The summed E-state index contributed by atoms with van der Waals surface area (Å²) in [4.78, 5) is 11.8. The van der Waals surface area contributed by atoms with Gasteiger partial charge in [-0.3, -0.25) is 0 Å². The van der Waals surface area contributed by atoms with Crippen molar-refractivity contribution < 1.29 is 18.0 Å². The van der Waals surface area contributed by atoms with Gasteiger partial charge in [-0.05, 0) is 36.8 Å². The zero-order chi connectivity index (χ0) is 16.5. The molecule has 3 atom stereocenters. The van der Waals surface area contributed by atoms with Crippen LogP contribution in [0.2, 0.25) is 0 Å². The molecule has 2 amide bonds. The lowest BCUT2D eigenvalue weighted by Crippen LogP contribution is -2.38. The maximum absolute atomic E-state index is 13.5. The Balaban J connectivity index is 1.98. The number of carbonyl (C=O) groups is 1. The Bertz CT molecular complexity index is 609. The van der Waals surface area contributed by atoms with Crippen LogP contribution in [0.4, 0.5) is 18.0 Å². The van der Waals surface area contributed by atoms with Gasteiger partial charge >= 0.3 is 6.03 Å². The minimum absolute atomic E-state index is 0.0918. The van der Waals surface area contributed by atoms with Crippen molar-refractivity contribution in [2.45, 2.75) is 29.8 Å². The number of nitrogens with one attached hydrogen (secondary N) is 2. The summed E-state index contributed by atoms with van der Waals surface area (Å²) in [7, 11) is 0. The van der Waals surface area contributed by atoms with E-state index in [9.17, 15) is 18.0 Å². The molecule has 2 rings (SSSR count). The fourth-order valence-electron chi connectivity index (χ4n) is 1.95. The van der Waals surface area contributed by atoms with E-state index in [0.29, 0.717) is 11.3 Å². The number of amides is 2. The second kappa shape index (κ2) is 6.01. The van der Waals surface area contributed by atoms with E-state index in [0.717, 1.165) is 18.2 Å². The molecule has 0 aromatic rings. The van der Waals surface area contributed by atoms with E-state index >= 15 is 0 Å². The minimum Gasteiger partial charge on any atom is -0.308 e. The highest BCUT2D eigenvalue weighted by Crippen LogP contribution is 2.34. The van der Waals surface area contributed by atoms with Crippen LogP contribution in [0.1, 0.15) is 13.3 Å². The molecule has 3 nitrogen and oxygen atoms in total. The van der Waals surface area contributed by atoms with Gasteiger partial charge in [0.15, 0.2) is 6.17 Å². The normalized spacial score (nSPS) is 34.5. The van der Waals surface area contributed by atoms with E-state index in [1.807, 2.05) is 0 Å². The van der Waals surface area contributed by atoms with Crippen molar-refractivity contribution >= 4 is 29.2 Å². The van der Waals surface area contributed by atoms with Gasteiger partial charge in [0.1, 0.15) is 0 Å². The van der Waals surface area contributed by atoms with Crippen molar-refractivity contribution in [2.24, 2.45) is 0 Å². The Hall–Kier alpha value is -1.40. The zero-order valence-electron chi connectivity index (χ0n) is 11.5. The van der Waals surface area contributed by atoms with Crippen LogP contribution in [0.15, 0.2) is 47.3 Å². The molecule has 0 spiro atoms. The average molecular weight is 353 g/mol. The zero-order valence-corrected chi connectivity index (χ0v) is 13.0. The standard InChI is InChI=1S/C14H13Cl2F3N2O/c1-8-7-14(16,19)11(17)6-10(8)21-12(22)20-9-2-4-13(15,18)5-3-9/h2-4,6-7,11H,5H2,1H3,(H2,20,21,22). The molecule has 0 saturated heterocycles. The number of allylic oxidation sites excluding steroid dienone is 6. The smallest absolute Gasteiger partial charge is 0.308 e. The third-order valence-corrected chi connectivity index (χ3v) is 3.72. The van der Waals surface area contributed by atoms with E-state index in [1.165, 1.54) is 19.1 Å². The third kappa shape index (κ3) is 4.08. The fourth-order valence-corrected chi connectivity index (χ4v) is 2.31. The van der Waals surface area contributed by atoms with Gasteiger partial charge in [-0.2, -0.15) is 0 Å². The number of hydrogen-bond donors (Lipinski definition) is 2. The maximum Gasteiger partial charge on any atom is 0.323 e. The summed E-state index contributed by atoms with van der Waals surface area (Å²) >= 11 is 10.8. The first-order valence-corrected chi connectivity index (χ1v) is 7.13. The van der Waals surface area contributed by atoms with E-state index in [2.05, 4.69) is 10.6 Å². The summed E-state index contributed by atoms with van der Waals surface area (Å²) in [6.07, 6.45) is 3.44. The minimum atomic E-state index is -2.62. The molecule has 22 heavy (non-hydrogen) atoms. The van der Waals surface area contributed by atoms with Gasteiger partial charge in [0, 0.05) is 17.8 Å². The van der Waals surface area contributed by atoms with Crippen molar-refractivity contribution in [3.05, 3.63) is 47.3 Å². The van der Waals surface area contributed by atoms with Gasteiger partial charge in [0.25, 0.3) is 0 Å². The van der Waals surface area contributed by atoms with Crippen LogP contribution in [-0.4, -0.2) is 22.5 Å². The predicted octanol–water partition coefficient (Wildman–Crippen LogP) is 4.12. The molecule has 120 valence electrons. The molecule has 0 radical (unpaired) electrons. The van der Waals surface area contributed by atoms with E-state index in [4.69, 9.17) is 23.2 Å². The summed E-state index contributed by atoms with van der Waals surface area (Å²) in [6, 6.07) is -0.677. The summed E-state index contributed by atoms with van der Waals surface area (Å²) in [5, 5.41) is 0.244. The first kappa shape index (κ1) is 17.0. The van der Waals surface area contributed by atoms with Crippen molar-refractivity contribution in [2.75, 3.05) is 0 Å². The largest absolute Gasteiger partial charge is 0.323 e. The molecule has 2 aliphatic carbocycles. The number of hydrogen-bond acceptors (Lipinski definition) is 1. The Kier molecular flexibility index (Phi) is 4.63. The highest BCUT2D eigenvalue weighted by molar-refractivity contribution is 6.25. The van der Waals surface area contributed by atoms with Crippen molar-refractivity contribution in [1.29, 1.82) is 0 Å².